The summed E-state index contributed by atoms with van der Waals surface area (Å²) in [6, 6.07) is 11.2. The normalized spacial score (nSPS) is 13.6. The number of amides is 1. The van der Waals surface area contributed by atoms with E-state index in [4.69, 9.17) is 11.6 Å². The highest BCUT2D eigenvalue weighted by atomic mass is 35.5. The molecular formula is C14H14ClN3O. The second-order valence-electron chi connectivity index (χ2n) is 4.42. The highest BCUT2D eigenvalue weighted by molar-refractivity contribution is 6.19. The number of rotatable bonds is 4. The molecule has 2 rings (SSSR count). The van der Waals surface area contributed by atoms with E-state index in [2.05, 4.69) is 15.5 Å². The topological polar surface area (TPSA) is 54.9 Å². The molecule has 1 unspecified atom stereocenters. The van der Waals surface area contributed by atoms with E-state index in [1.807, 2.05) is 37.3 Å². The summed E-state index contributed by atoms with van der Waals surface area (Å²) in [4.78, 5) is 12.2. The van der Waals surface area contributed by atoms with Crippen LogP contribution in [0.4, 0.5) is 0 Å². The number of alkyl halides is 1. The first-order valence-corrected chi connectivity index (χ1v) is 6.40. The standard InChI is InChI=1S/C14H14ClN3O/c1-14(10-15,12-5-3-2-4-6-12)18-13(19)11-7-8-16-17-9-11/h2-9H,10H2,1H3,(H,18,19). The molecule has 1 atom stereocenters. The van der Waals surface area contributed by atoms with Gasteiger partial charge in [-0.05, 0) is 18.6 Å². The minimum Gasteiger partial charge on any atom is -0.342 e. The molecule has 0 saturated carbocycles. The van der Waals surface area contributed by atoms with Crippen molar-refractivity contribution in [3.05, 3.63) is 59.9 Å². The van der Waals surface area contributed by atoms with Crippen LogP contribution in [0.5, 0.6) is 0 Å². The number of aromatic nitrogens is 2. The molecule has 1 aromatic heterocycles. The van der Waals surface area contributed by atoms with Gasteiger partial charge in [0.15, 0.2) is 0 Å². The Bertz CT molecular complexity index is 547. The Morgan fingerprint density at radius 3 is 2.58 bits per heavy atom. The molecule has 19 heavy (non-hydrogen) atoms. The Balaban J connectivity index is 2.22. The van der Waals surface area contributed by atoms with Gasteiger partial charge in [-0.15, -0.1) is 11.6 Å². The SMILES string of the molecule is CC(CCl)(NC(=O)c1ccnnc1)c1ccccc1. The van der Waals surface area contributed by atoms with E-state index < -0.39 is 5.54 Å². The van der Waals surface area contributed by atoms with Crippen LogP contribution in [-0.2, 0) is 5.54 Å². The van der Waals surface area contributed by atoms with Gasteiger partial charge >= 0.3 is 0 Å². The van der Waals surface area contributed by atoms with Crippen LogP contribution in [-0.4, -0.2) is 22.0 Å². The molecule has 1 aromatic carbocycles. The average Bonchev–Trinajstić information content (AvgIpc) is 2.49. The number of halogens is 1. The van der Waals surface area contributed by atoms with E-state index in [9.17, 15) is 4.79 Å². The second kappa shape index (κ2) is 5.80. The van der Waals surface area contributed by atoms with Crippen molar-refractivity contribution in [2.75, 3.05) is 5.88 Å². The molecule has 2 aromatic rings. The van der Waals surface area contributed by atoms with Gasteiger partial charge in [-0.25, -0.2) is 0 Å². The van der Waals surface area contributed by atoms with Crippen LogP contribution >= 0.6 is 11.6 Å². The summed E-state index contributed by atoms with van der Waals surface area (Å²) in [5, 5.41) is 10.3. The zero-order chi connectivity index (χ0) is 13.7. The third-order valence-corrected chi connectivity index (χ3v) is 3.45. The number of carbonyl (C=O) groups is 1. The van der Waals surface area contributed by atoms with Crippen LogP contribution in [0.15, 0.2) is 48.8 Å². The van der Waals surface area contributed by atoms with Gasteiger partial charge in [-0.2, -0.15) is 10.2 Å². The molecule has 98 valence electrons. The van der Waals surface area contributed by atoms with Gasteiger partial charge < -0.3 is 5.32 Å². The van der Waals surface area contributed by atoms with Crippen LogP contribution in [0.25, 0.3) is 0 Å². The van der Waals surface area contributed by atoms with Crippen molar-refractivity contribution in [3.63, 3.8) is 0 Å². The highest BCUT2D eigenvalue weighted by Crippen LogP contribution is 2.22. The third kappa shape index (κ3) is 3.09. The second-order valence-corrected chi connectivity index (χ2v) is 4.68. The summed E-state index contributed by atoms with van der Waals surface area (Å²) < 4.78 is 0. The molecule has 0 fully saturated rings. The van der Waals surface area contributed by atoms with Crippen molar-refractivity contribution in [1.82, 2.24) is 15.5 Å². The van der Waals surface area contributed by atoms with Gasteiger partial charge in [-0.1, -0.05) is 30.3 Å². The molecule has 0 aliphatic heterocycles. The van der Waals surface area contributed by atoms with E-state index in [-0.39, 0.29) is 11.8 Å². The Labute approximate surface area is 116 Å². The Morgan fingerprint density at radius 1 is 1.26 bits per heavy atom. The quantitative estimate of drug-likeness (QED) is 0.872. The molecule has 0 spiro atoms. The predicted octanol–water partition coefficient (Wildman–Crippen LogP) is 2.36. The molecule has 4 nitrogen and oxygen atoms in total. The molecule has 0 aliphatic rings. The number of benzene rings is 1. The number of carbonyl (C=O) groups excluding carboxylic acids is 1. The smallest absolute Gasteiger partial charge is 0.253 e. The first-order chi connectivity index (χ1) is 9.15. The van der Waals surface area contributed by atoms with Crippen LogP contribution in [0.1, 0.15) is 22.8 Å². The molecule has 5 heteroatoms. The van der Waals surface area contributed by atoms with Crippen LogP contribution in [0, 0.1) is 0 Å². The van der Waals surface area contributed by atoms with Gasteiger partial charge in [0.05, 0.1) is 23.5 Å². The van der Waals surface area contributed by atoms with Gasteiger partial charge in [0.1, 0.15) is 0 Å². The van der Waals surface area contributed by atoms with Crippen molar-refractivity contribution < 1.29 is 4.79 Å². The van der Waals surface area contributed by atoms with Gasteiger partial charge in [0.25, 0.3) is 5.91 Å². The minimum absolute atomic E-state index is 0.220. The molecule has 0 bridgehead atoms. The minimum atomic E-state index is -0.622. The first-order valence-electron chi connectivity index (χ1n) is 5.86. The summed E-state index contributed by atoms with van der Waals surface area (Å²) in [5.41, 5.74) is 0.797. The first kappa shape index (κ1) is 13.5. The fourth-order valence-electron chi connectivity index (χ4n) is 1.74. The van der Waals surface area contributed by atoms with E-state index in [1.165, 1.54) is 12.4 Å². The van der Waals surface area contributed by atoms with E-state index in [0.717, 1.165) is 5.56 Å². The summed E-state index contributed by atoms with van der Waals surface area (Å²) >= 11 is 6.03. The summed E-state index contributed by atoms with van der Waals surface area (Å²) in [7, 11) is 0. The Hall–Kier alpha value is -1.94. The lowest BCUT2D eigenvalue weighted by Gasteiger charge is -2.29. The molecule has 1 amide bonds. The maximum absolute atomic E-state index is 12.2. The number of hydrogen-bond acceptors (Lipinski definition) is 3. The van der Waals surface area contributed by atoms with Gasteiger partial charge in [0, 0.05) is 5.88 Å². The average molecular weight is 276 g/mol. The fraction of sp³-hybridized carbons (Fsp3) is 0.214. The van der Waals surface area contributed by atoms with Crippen LogP contribution in [0.2, 0.25) is 0 Å². The number of nitrogens with one attached hydrogen (secondary N) is 1. The summed E-state index contributed by atoms with van der Waals surface area (Å²) in [6.45, 7) is 1.89. The lowest BCUT2D eigenvalue weighted by molar-refractivity contribution is 0.0912. The van der Waals surface area contributed by atoms with Crippen molar-refractivity contribution in [2.24, 2.45) is 0 Å². The zero-order valence-corrected chi connectivity index (χ0v) is 11.3. The molecular weight excluding hydrogens is 262 g/mol. The Kier molecular flexibility index (Phi) is 4.12. The van der Waals surface area contributed by atoms with E-state index >= 15 is 0 Å². The lowest BCUT2D eigenvalue weighted by atomic mass is 9.93. The van der Waals surface area contributed by atoms with Crippen molar-refractivity contribution >= 4 is 17.5 Å². The molecule has 1 N–H and O–H groups in total. The van der Waals surface area contributed by atoms with Crippen molar-refractivity contribution in [2.45, 2.75) is 12.5 Å². The third-order valence-electron chi connectivity index (χ3n) is 2.91. The zero-order valence-electron chi connectivity index (χ0n) is 10.5. The molecule has 0 saturated heterocycles. The summed E-state index contributed by atoms with van der Waals surface area (Å²) in [6.07, 6.45) is 2.91. The monoisotopic (exact) mass is 275 g/mol. The predicted molar refractivity (Wildman–Crippen MR) is 74.0 cm³/mol. The maximum atomic E-state index is 12.2. The molecule has 1 heterocycles. The van der Waals surface area contributed by atoms with Crippen molar-refractivity contribution in [1.29, 1.82) is 0 Å². The van der Waals surface area contributed by atoms with Crippen molar-refractivity contribution in [3.8, 4) is 0 Å². The number of nitrogens with zero attached hydrogens (tertiary/aromatic N) is 2. The van der Waals surface area contributed by atoms with Crippen LogP contribution < -0.4 is 5.32 Å². The van der Waals surface area contributed by atoms with Crippen LogP contribution in [0.3, 0.4) is 0 Å². The largest absolute Gasteiger partial charge is 0.342 e. The highest BCUT2D eigenvalue weighted by Gasteiger charge is 2.27. The summed E-state index contributed by atoms with van der Waals surface area (Å²) in [5.74, 6) is 0.0586. The van der Waals surface area contributed by atoms with E-state index in [0.29, 0.717) is 5.56 Å². The van der Waals surface area contributed by atoms with Gasteiger partial charge in [-0.3, -0.25) is 4.79 Å². The fourth-order valence-corrected chi connectivity index (χ4v) is 1.96. The number of hydrogen-bond donors (Lipinski definition) is 1. The lowest BCUT2D eigenvalue weighted by Crippen LogP contribution is -2.45. The molecule has 0 aliphatic carbocycles. The maximum Gasteiger partial charge on any atom is 0.253 e. The Morgan fingerprint density at radius 2 is 2.00 bits per heavy atom. The van der Waals surface area contributed by atoms with Gasteiger partial charge in [0.2, 0.25) is 0 Å². The molecule has 0 radical (unpaired) electrons. The van der Waals surface area contributed by atoms with E-state index in [1.54, 1.807) is 6.07 Å².